The molecule has 0 spiro atoms. The van der Waals surface area contributed by atoms with Crippen LogP contribution in [0.3, 0.4) is 0 Å². The molecule has 0 bridgehead atoms. The lowest BCUT2D eigenvalue weighted by molar-refractivity contribution is 0.0963. The molecule has 7 nitrogen and oxygen atoms in total. The predicted octanol–water partition coefficient (Wildman–Crippen LogP) is 4.06. The highest BCUT2D eigenvalue weighted by Crippen LogP contribution is 2.39. The smallest absolute Gasteiger partial charge is 0.251 e. The molecule has 0 radical (unpaired) electrons. The zero-order valence-electron chi connectivity index (χ0n) is 16.1. The molecule has 0 unspecified atom stereocenters. The van der Waals surface area contributed by atoms with Gasteiger partial charge < -0.3 is 16.0 Å². The van der Waals surface area contributed by atoms with Crippen molar-refractivity contribution in [2.75, 3.05) is 12.8 Å². The number of amides is 1. The number of benzene rings is 1. The van der Waals surface area contributed by atoms with Gasteiger partial charge in [-0.25, -0.2) is 4.98 Å². The molecule has 28 heavy (non-hydrogen) atoms. The van der Waals surface area contributed by atoms with Crippen molar-refractivity contribution in [3.05, 3.63) is 40.5 Å². The Morgan fingerprint density at radius 1 is 1.36 bits per heavy atom. The third kappa shape index (κ3) is 2.62. The second-order valence-corrected chi connectivity index (χ2v) is 7.47. The van der Waals surface area contributed by atoms with Crippen LogP contribution in [0.2, 0.25) is 5.02 Å². The van der Waals surface area contributed by atoms with Gasteiger partial charge in [0.25, 0.3) is 5.91 Å². The van der Waals surface area contributed by atoms with Gasteiger partial charge in [-0.3, -0.25) is 9.48 Å². The van der Waals surface area contributed by atoms with Gasteiger partial charge in [0.1, 0.15) is 11.5 Å². The minimum atomic E-state index is -0.134. The number of H-pyrrole nitrogens is 1. The fraction of sp³-hybridized carbons (Fsp3) is 0.250. The van der Waals surface area contributed by atoms with Crippen molar-refractivity contribution in [3.8, 4) is 11.4 Å². The minimum absolute atomic E-state index is 0.0973. The summed E-state index contributed by atoms with van der Waals surface area (Å²) in [6.45, 7) is 6.09. The average molecular weight is 397 g/mol. The van der Waals surface area contributed by atoms with E-state index in [-0.39, 0.29) is 11.9 Å². The molecular formula is C20H21ClN6O. The van der Waals surface area contributed by atoms with Crippen LogP contribution in [0.5, 0.6) is 0 Å². The Kier molecular flexibility index (Phi) is 4.27. The van der Waals surface area contributed by atoms with Crippen LogP contribution in [0.15, 0.2) is 24.4 Å². The van der Waals surface area contributed by atoms with E-state index in [0.29, 0.717) is 22.1 Å². The average Bonchev–Trinajstić information content (AvgIpc) is 3.23. The number of fused-ring (bicyclic) bond motifs is 2. The number of hydrogen-bond acceptors (Lipinski definition) is 4. The van der Waals surface area contributed by atoms with Crippen LogP contribution < -0.4 is 11.1 Å². The molecule has 0 aliphatic heterocycles. The number of hydrogen-bond donors (Lipinski definition) is 3. The zero-order chi connectivity index (χ0) is 20.2. The van der Waals surface area contributed by atoms with Crippen LogP contribution in [0, 0.1) is 6.92 Å². The first-order chi connectivity index (χ1) is 13.3. The molecule has 3 heterocycles. The Labute approximate surface area is 166 Å². The molecule has 8 heteroatoms. The maximum atomic E-state index is 12.0. The quantitative estimate of drug-likeness (QED) is 0.485. The van der Waals surface area contributed by atoms with Crippen LogP contribution in [0.1, 0.15) is 35.8 Å². The SMILES string of the molecule is CNC(=O)c1ccc2c(C)c(-c3nn(C(C)C)c4c(Cl)cnc(N)c34)[nH]c2c1. The fourth-order valence-corrected chi connectivity index (χ4v) is 3.80. The fourth-order valence-electron chi connectivity index (χ4n) is 3.57. The highest BCUT2D eigenvalue weighted by atomic mass is 35.5. The second kappa shape index (κ2) is 6.53. The summed E-state index contributed by atoms with van der Waals surface area (Å²) in [5.74, 6) is 0.246. The van der Waals surface area contributed by atoms with Gasteiger partial charge in [0.15, 0.2) is 0 Å². The molecule has 144 valence electrons. The highest BCUT2D eigenvalue weighted by molar-refractivity contribution is 6.35. The van der Waals surface area contributed by atoms with Gasteiger partial charge in [-0.1, -0.05) is 17.7 Å². The Balaban J connectivity index is 2.03. The van der Waals surface area contributed by atoms with Gasteiger partial charge in [-0.2, -0.15) is 5.10 Å². The third-order valence-corrected chi connectivity index (χ3v) is 5.26. The summed E-state index contributed by atoms with van der Waals surface area (Å²) >= 11 is 6.44. The van der Waals surface area contributed by atoms with Crippen LogP contribution in [-0.2, 0) is 0 Å². The number of nitrogens with zero attached hydrogens (tertiary/aromatic N) is 3. The number of aryl methyl sites for hydroxylation is 1. The molecule has 0 atom stereocenters. The number of aromatic amines is 1. The summed E-state index contributed by atoms with van der Waals surface area (Å²) in [7, 11) is 1.61. The molecule has 1 aromatic carbocycles. The lowest BCUT2D eigenvalue weighted by atomic mass is 10.1. The van der Waals surface area contributed by atoms with Crippen LogP contribution in [-0.4, -0.2) is 32.7 Å². The number of halogens is 1. The van der Waals surface area contributed by atoms with Gasteiger partial charge in [-0.05, 0) is 38.5 Å². The molecule has 0 saturated heterocycles. The van der Waals surface area contributed by atoms with Crippen molar-refractivity contribution in [2.24, 2.45) is 0 Å². The Hall–Kier alpha value is -3.06. The van der Waals surface area contributed by atoms with E-state index >= 15 is 0 Å². The monoisotopic (exact) mass is 396 g/mol. The summed E-state index contributed by atoms with van der Waals surface area (Å²) in [4.78, 5) is 19.6. The Morgan fingerprint density at radius 3 is 2.79 bits per heavy atom. The number of aromatic nitrogens is 4. The Bertz CT molecular complexity index is 1240. The molecule has 0 aliphatic rings. The summed E-state index contributed by atoms with van der Waals surface area (Å²) in [5.41, 5.74) is 11.0. The number of carbonyl (C=O) groups is 1. The molecule has 0 aliphatic carbocycles. The number of pyridine rings is 1. The van der Waals surface area contributed by atoms with Crippen LogP contribution in [0.4, 0.5) is 5.82 Å². The van der Waals surface area contributed by atoms with Crippen molar-refractivity contribution < 1.29 is 4.79 Å². The number of nitrogens with two attached hydrogens (primary N) is 1. The number of carbonyl (C=O) groups excluding carboxylic acids is 1. The van der Waals surface area contributed by atoms with Crippen molar-refractivity contribution in [1.82, 2.24) is 25.1 Å². The van der Waals surface area contributed by atoms with E-state index in [1.54, 1.807) is 13.2 Å². The normalized spacial score (nSPS) is 11.6. The van der Waals surface area contributed by atoms with Crippen LogP contribution in [0.25, 0.3) is 33.2 Å². The van der Waals surface area contributed by atoms with E-state index in [1.807, 2.05) is 43.7 Å². The molecule has 0 saturated carbocycles. The molecule has 3 aromatic heterocycles. The summed E-state index contributed by atoms with van der Waals surface area (Å²) < 4.78 is 1.87. The first kappa shape index (κ1) is 18.3. The maximum absolute atomic E-state index is 12.0. The van der Waals surface area contributed by atoms with Gasteiger partial charge in [-0.15, -0.1) is 0 Å². The van der Waals surface area contributed by atoms with Gasteiger partial charge in [0.05, 0.1) is 27.8 Å². The van der Waals surface area contributed by atoms with E-state index < -0.39 is 0 Å². The van der Waals surface area contributed by atoms with E-state index in [4.69, 9.17) is 22.4 Å². The summed E-state index contributed by atoms with van der Waals surface area (Å²) in [6, 6.07) is 5.68. The topological polar surface area (TPSA) is 102 Å². The van der Waals surface area contributed by atoms with Crippen LogP contribution >= 0.6 is 11.6 Å². The largest absolute Gasteiger partial charge is 0.383 e. The van der Waals surface area contributed by atoms with Crippen molar-refractivity contribution in [2.45, 2.75) is 26.8 Å². The first-order valence-electron chi connectivity index (χ1n) is 9.00. The second-order valence-electron chi connectivity index (χ2n) is 7.07. The summed E-state index contributed by atoms with van der Waals surface area (Å²) in [6.07, 6.45) is 1.55. The number of rotatable bonds is 3. The Morgan fingerprint density at radius 2 is 2.11 bits per heavy atom. The van der Waals surface area contributed by atoms with Crippen molar-refractivity contribution >= 4 is 45.1 Å². The van der Waals surface area contributed by atoms with Crippen molar-refractivity contribution in [1.29, 1.82) is 0 Å². The van der Waals surface area contributed by atoms with E-state index in [9.17, 15) is 4.79 Å². The van der Waals surface area contributed by atoms with Gasteiger partial charge >= 0.3 is 0 Å². The molecular weight excluding hydrogens is 376 g/mol. The standard InChI is InChI=1S/C20H21ClN6O/c1-9(2)27-18-13(21)8-24-19(22)15(18)17(26-27)16-10(3)12-6-5-11(20(28)23-4)7-14(12)25-16/h5-9,25H,1-4H3,(H2,22,24)(H,23,28). The maximum Gasteiger partial charge on any atom is 0.251 e. The van der Waals surface area contributed by atoms with E-state index in [0.717, 1.165) is 33.1 Å². The highest BCUT2D eigenvalue weighted by Gasteiger charge is 2.23. The predicted molar refractivity (Wildman–Crippen MR) is 113 cm³/mol. The van der Waals surface area contributed by atoms with E-state index in [2.05, 4.69) is 15.3 Å². The van der Waals surface area contributed by atoms with E-state index in [1.165, 1.54) is 0 Å². The molecule has 4 rings (SSSR count). The number of anilines is 1. The minimum Gasteiger partial charge on any atom is -0.383 e. The van der Waals surface area contributed by atoms with Crippen molar-refractivity contribution in [3.63, 3.8) is 0 Å². The zero-order valence-corrected chi connectivity index (χ0v) is 16.8. The van der Waals surface area contributed by atoms with Gasteiger partial charge in [0, 0.05) is 29.6 Å². The lowest BCUT2D eigenvalue weighted by Gasteiger charge is -2.07. The molecule has 4 aromatic rings. The third-order valence-electron chi connectivity index (χ3n) is 4.98. The molecule has 0 fully saturated rings. The molecule has 1 amide bonds. The first-order valence-corrected chi connectivity index (χ1v) is 9.38. The number of nitrogens with one attached hydrogen (secondary N) is 2. The van der Waals surface area contributed by atoms with Gasteiger partial charge in [0.2, 0.25) is 0 Å². The number of nitrogen functional groups attached to an aromatic ring is 1. The lowest BCUT2D eigenvalue weighted by Crippen LogP contribution is -2.17. The summed E-state index contributed by atoms with van der Waals surface area (Å²) in [5, 5.41) is 9.71. The molecule has 4 N–H and O–H groups in total.